The fraction of sp³-hybridized carbons (Fsp3) is 0.486. The van der Waals surface area contributed by atoms with Crippen molar-refractivity contribution in [2.45, 2.75) is 85.3 Å². The highest BCUT2D eigenvalue weighted by molar-refractivity contribution is 7.72. The zero-order chi connectivity index (χ0) is 33.3. The maximum Gasteiger partial charge on any atom is 0.261 e. The van der Waals surface area contributed by atoms with Gasteiger partial charge in [0.05, 0.1) is 6.61 Å². The first-order valence-corrected chi connectivity index (χ1v) is 21.0. The van der Waals surface area contributed by atoms with Gasteiger partial charge in [-0.1, -0.05) is 96.1 Å². The van der Waals surface area contributed by atoms with Gasteiger partial charge in [0.15, 0.2) is 0 Å². The van der Waals surface area contributed by atoms with E-state index in [1.807, 2.05) is 53.7 Å². The SMILES string of the molecule is CCO[P@](=O)(c1ccccc1)[C@H](CC(C)C)O[P@@](=O)(c1ccccc1)[C@@H](CC(C)C)O[P@](=O)(c1ccccc1)[C@H](O)CC(C)C. The molecule has 0 unspecified atom stereocenters. The van der Waals surface area contributed by atoms with Crippen LogP contribution < -0.4 is 15.9 Å². The van der Waals surface area contributed by atoms with E-state index in [-0.39, 0.29) is 37.2 Å². The second-order valence-corrected chi connectivity index (χ2v) is 20.3. The molecule has 0 aliphatic rings. The van der Waals surface area contributed by atoms with Crippen molar-refractivity contribution < 1.29 is 32.4 Å². The van der Waals surface area contributed by atoms with E-state index in [4.69, 9.17) is 13.6 Å². The molecule has 0 fully saturated rings. The molecule has 0 saturated carbocycles. The number of aliphatic hydroxyl groups excluding tert-OH is 1. The highest BCUT2D eigenvalue weighted by atomic mass is 31.2. The minimum Gasteiger partial charge on any atom is -0.383 e. The molecule has 0 heterocycles. The van der Waals surface area contributed by atoms with Gasteiger partial charge in [-0.2, -0.15) is 0 Å². The number of aliphatic hydroxyl groups is 1. The summed E-state index contributed by atoms with van der Waals surface area (Å²) in [7, 11) is -11.9. The smallest absolute Gasteiger partial charge is 0.261 e. The summed E-state index contributed by atoms with van der Waals surface area (Å²) >= 11 is 0. The topological polar surface area (TPSA) is 99.1 Å². The molecule has 0 bridgehead atoms. The molecule has 10 heteroatoms. The summed E-state index contributed by atoms with van der Waals surface area (Å²) in [6.45, 7) is 13.7. The lowest BCUT2D eigenvalue weighted by atomic mass is 10.1. The summed E-state index contributed by atoms with van der Waals surface area (Å²) in [5, 5.41) is 12.7. The van der Waals surface area contributed by atoms with Gasteiger partial charge in [0.1, 0.15) is 17.5 Å². The molecule has 3 aromatic carbocycles. The third-order valence-electron chi connectivity index (χ3n) is 7.40. The zero-order valence-electron chi connectivity index (χ0n) is 27.7. The largest absolute Gasteiger partial charge is 0.383 e. The Morgan fingerprint density at radius 1 is 0.533 bits per heavy atom. The third-order valence-corrected chi connectivity index (χ3v) is 15.7. The molecular weight excluding hydrogens is 625 g/mol. The summed E-state index contributed by atoms with van der Waals surface area (Å²) in [5.74, 6) is -3.62. The fourth-order valence-electron chi connectivity index (χ4n) is 5.24. The monoisotopic (exact) mass is 676 g/mol. The second kappa shape index (κ2) is 16.8. The predicted molar refractivity (Wildman–Crippen MR) is 187 cm³/mol. The van der Waals surface area contributed by atoms with E-state index < -0.39 is 39.6 Å². The minimum absolute atomic E-state index is 0.0180. The van der Waals surface area contributed by atoms with Crippen LogP contribution >= 0.6 is 22.1 Å². The molecule has 0 saturated heterocycles. The summed E-state index contributed by atoms with van der Waals surface area (Å²) in [6.07, 6.45) is 0.736. The molecule has 6 atom stereocenters. The molecule has 0 spiro atoms. The molecular formula is C35H51O7P3. The third kappa shape index (κ3) is 9.61. The van der Waals surface area contributed by atoms with Crippen LogP contribution in [-0.4, -0.2) is 29.2 Å². The lowest BCUT2D eigenvalue weighted by Gasteiger charge is -2.37. The number of hydrogen-bond acceptors (Lipinski definition) is 7. The molecule has 248 valence electrons. The Hall–Kier alpha value is -1.81. The van der Waals surface area contributed by atoms with Gasteiger partial charge in [-0.15, -0.1) is 0 Å². The number of benzene rings is 3. The first-order valence-electron chi connectivity index (χ1n) is 15.9. The van der Waals surface area contributed by atoms with Crippen LogP contribution in [0.2, 0.25) is 0 Å². The molecule has 3 rings (SSSR count). The Morgan fingerprint density at radius 3 is 1.24 bits per heavy atom. The summed E-state index contributed by atoms with van der Waals surface area (Å²) in [6, 6.07) is 26.3. The van der Waals surface area contributed by atoms with Crippen LogP contribution in [0.25, 0.3) is 0 Å². The van der Waals surface area contributed by atoms with E-state index in [0.29, 0.717) is 22.3 Å². The maximum absolute atomic E-state index is 15.8. The van der Waals surface area contributed by atoms with E-state index in [0.717, 1.165) is 0 Å². The van der Waals surface area contributed by atoms with Gasteiger partial charge in [-0.3, -0.25) is 13.7 Å². The molecule has 0 radical (unpaired) electrons. The van der Waals surface area contributed by atoms with Crippen molar-refractivity contribution in [2.75, 3.05) is 6.61 Å². The standard InChI is InChI=1S/C35H51O7P3/c1-8-40-44(38,31-20-14-10-15-21-31)34(25-28(4)5)42-45(39,32-22-16-11-17-23-32)35(26-29(6)7)41-43(37,33(36)24-27(2)3)30-18-12-9-13-19-30/h9-23,27-29,33-36H,8,24-26H2,1-7H3/t33-,34+,35-,43+,44+,45-/m0/s1. The molecule has 45 heavy (non-hydrogen) atoms. The van der Waals surface area contributed by atoms with Gasteiger partial charge in [0, 0.05) is 15.9 Å². The summed E-state index contributed by atoms with van der Waals surface area (Å²) < 4.78 is 65.1. The molecule has 1 N–H and O–H groups in total. The average Bonchev–Trinajstić information content (AvgIpc) is 3.01. The van der Waals surface area contributed by atoms with Gasteiger partial charge < -0.3 is 18.7 Å². The quantitative estimate of drug-likeness (QED) is 0.134. The lowest BCUT2D eigenvalue weighted by molar-refractivity contribution is 0.156. The Bertz CT molecular complexity index is 1450. The van der Waals surface area contributed by atoms with Gasteiger partial charge in [0.2, 0.25) is 0 Å². The lowest BCUT2D eigenvalue weighted by Crippen LogP contribution is -2.32. The van der Waals surface area contributed by atoms with Crippen LogP contribution in [0.5, 0.6) is 0 Å². The molecule has 0 aliphatic carbocycles. The van der Waals surface area contributed by atoms with Crippen LogP contribution in [-0.2, 0) is 27.3 Å². The maximum atomic E-state index is 15.8. The van der Waals surface area contributed by atoms with Crippen LogP contribution in [0.15, 0.2) is 91.0 Å². The van der Waals surface area contributed by atoms with Gasteiger partial charge in [0.25, 0.3) is 22.1 Å². The van der Waals surface area contributed by atoms with E-state index in [9.17, 15) is 14.2 Å². The van der Waals surface area contributed by atoms with Gasteiger partial charge in [-0.25, -0.2) is 0 Å². The van der Waals surface area contributed by atoms with Crippen molar-refractivity contribution in [1.29, 1.82) is 0 Å². The summed E-state index contributed by atoms with van der Waals surface area (Å²) in [5.41, 5.74) is 0. The van der Waals surface area contributed by atoms with Gasteiger partial charge in [-0.05, 0) is 80.3 Å². The van der Waals surface area contributed by atoms with E-state index in [1.54, 1.807) is 85.8 Å². The Balaban J connectivity index is 2.27. The Kier molecular flexibility index (Phi) is 14.1. The Labute approximate surface area is 270 Å². The van der Waals surface area contributed by atoms with E-state index in [1.165, 1.54) is 0 Å². The first-order chi connectivity index (χ1) is 21.3. The van der Waals surface area contributed by atoms with Crippen molar-refractivity contribution in [3.8, 4) is 0 Å². The molecule has 0 aliphatic heterocycles. The summed E-state index contributed by atoms with van der Waals surface area (Å²) in [4.78, 5) is 0. The number of rotatable bonds is 18. The first kappa shape index (κ1) is 37.6. The predicted octanol–water partition coefficient (Wildman–Crippen LogP) is 8.98. The van der Waals surface area contributed by atoms with Crippen LogP contribution in [0.4, 0.5) is 0 Å². The van der Waals surface area contributed by atoms with Crippen LogP contribution in [0, 0.1) is 17.8 Å². The second-order valence-electron chi connectivity index (χ2n) is 12.7. The van der Waals surface area contributed by atoms with E-state index >= 15 is 4.57 Å². The molecule has 7 nitrogen and oxygen atoms in total. The van der Waals surface area contributed by atoms with Crippen LogP contribution in [0.3, 0.4) is 0 Å². The van der Waals surface area contributed by atoms with Crippen molar-refractivity contribution >= 4 is 38.0 Å². The number of hydrogen-bond donors (Lipinski definition) is 1. The highest BCUT2D eigenvalue weighted by Gasteiger charge is 2.50. The Morgan fingerprint density at radius 2 is 0.867 bits per heavy atom. The van der Waals surface area contributed by atoms with Crippen molar-refractivity contribution in [3.05, 3.63) is 91.0 Å². The van der Waals surface area contributed by atoms with Crippen molar-refractivity contribution in [1.82, 2.24) is 0 Å². The van der Waals surface area contributed by atoms with Crippen LogP contribution in [0.1, 0.15) is 67.7 Å². The van der Waals surface area contributed by atoms with E-state index in [2.05, 4.69) is 0 Å². The molecule has 3 aromatic rings. The van der Waals surface area contributed by atoms with Crippen molar-refractivity contribution in [3.63, 3.8) is 0 Å². The molecule has 0 aromatic heterocycles. The minimum atomic E-state index is -4.14. The average molecular weight is 677 g/mol. The highest BCUT2D eigenvalue weighted by Crippen LogP contribution is 2.66. The molecule has 0 amide bonds. The van der Waals surface area contributed by atoms with Gasteiger partial charge >= 0.3 is 0 Å². The normalized spacial score (nSPS) is 18.2. The van der Waals surface area contributed by atoms with Crippen molar-refractivity contribution in [2.24, 2.45) is 17.8 Å². The zero-order valence-corrected chi connectivity index (χ0v) is 30.4. The fourth-order valence-corrected chi connectivity index (χ4v) is 14.1.